The molecular weight excluding hydrogens is 350 g/mol. The van der Waals surface area contributed by atoms with Crippen molar-refractivity contribution in [2.24, 2.45) is 5.92 Å². The van der Waals surface area contributed by atoms with Gasteiger partial charge in [0, 0.05) is 26.6 Å². The number of piperidine rings is 1. The van der Waals surface area contributed by atoms with Crippen LogP contribution in [0.25, 0.3) is 0 Å². The minimum Gasteiger partial charge on any atom is -0.492 e. The fraction of sp³-hybridized carbons (Fsp3) is 0.526. The van der Waals surface area contributed by atoms with E-state index >= 15 is 0 Å². The topological polar surface area (TPSA) is 99.2 Å². The van der Waals surface area contributed by atoms with Crippen LogP contribution < -0.4 is 10.1 Å². The minimum absolute atomic E-state index is 0.0275. The largest absolute Gasteiger partial charge is 0.492 e. The number of hydrogen-bond donors (Lipinski definition) is 2. The van der Waals surface area contributed by atoms with E-state index in [1.165, 1.54) is 0 Å². The van der Waals surface area contributed by atoms with Crippen LogP contribution in [0.5, 0.6) is 5.75 Å². The van der Waals surface area contributed by atoms with E-state index in [-0.39, 0.29) is 18.4 Å². The number of anilines is 1. The second-order valence-electron chi connectivity index (χ2n) is 7.00. The van der Waals surface area contributed by atoms with Gasteiger partial charge in [0.15, 0.2) is 0 Å². The molecular formula is C19H25N3O5. The van der Waals surface area contributed by atoms with Gasteiger partial charge in [-0.3, -0.25) is 9.59 Å². The smallest absolute Gasteiger partial charge is 0.321 e. The van der Waals surface area contributed by atoms with E-state index in [0.29, 0.717) is 44.0 Å². The number of carbonyl (C=O) groups excluding carboxylic acids is 2. The number of nitrogens with one attached hydrogen (secondary N) is 1. The van der Waals surface area contributed by atoms with Gasteiger partial charge >= 0.3 is 12.0 Å². The Kier molecular flexibility index (Phi) is 5.25. The highest BCUT2D eigenvalue weighted by Gasteiger charge is 2.55. The molecule has 1 spiro atoms. The van der Waals surface area contributed by atoms with Gasteiger partial charge < -0.3 is 25.0 Å². The van der Waals surface area contributed by atoms with Gasteiger partial charge in [-0.15, -0.1) is 0 Å². The molecule has 1 aromatic rings. The first-order valence-corrected chi connectivity index (χ1v) is 9.16. The Morgan fingerprint density at radius 1 is 1.30 bits per heavy atom. The first-order valence-electron chi connectivity index (χ1n) is 9.16. The molecule has 8 heteroatoms. The number of aliphatic carboxylic acids is 1. The van der Waals surface area contributed by atoms with Gasteiger partial charge in [0.1, 0.15) is 5.75 Å². The van der Waals surface area contributed by atoms with Gasteiger partial charge in [0.05, 0.1) is 23.8 Å². The third-order valence-electron chi connectivity index (χ3n) is 5.71. The van der Waals surface area contributed by atoms with Crippen LogP contribution in [0.2, 0.25) is 0 Å². The summed E-state index contributed by atoms with van der Waals surface area (Å²) >= 11 is 0. The molecule has 2 N–H and O–H groups in total. The van der Waals surface area contributed by atoms with E-state index < -0.39 is 17.4 Å². The Balaban J connectivity index is 1.68. The number of likely N-dealkylation sites (tertiary alicyclic amines) is 2. The van der Waals surface area contributed by atoms with Gasteiger partial charge in [-0.05, 0) is 31.9 Å². The highest BCUT2D eigenvalue weighted by atomic mass is 16.5. The summed E-state index contributed by atoms with van der Waals surface area (Å²) in [5.74, 6) is -1.21. The van der Waals surface area contributed by atoms with Crippen LogP contribution in [-0.4, -0.2) is 65.1 Å². The third kappa shape index (κ3) is 3.43. The fourth-order valence-electron chi connectivity index (χ4n) is 4.13. The maximum Gasteiger partial charge on any atom is 0.321 e. The van der Waals surface area contributed by atoms with Crippen molar-refractivity contribution >= 4 is 23.6 Å². The SMILES string of the molecule is CCOc1ccccc1NC(=O)N1CCC2(CC1)[C@H](C(=O)O)CC(=O)N2C. The summed E-state index contributed by atoms with van der Waals surface area (Å²) in [4.78, 5) is 39.6. The number of urea groups is 1. The van der Waals surface area contributed by atoms with Gasteiger partial charge in [0.2, 0.25) is 5.91 Å². The molecule has 2 fully saturated rings. The molecule has 0 saturated carbocycles. The standard InChI is InChI=1S/C19H25N3O5/c1-3-27-15-7-5-4-6-14(15)20-18(26)22-10-8-19(9-11-22)13(17(24)25)12-16(23)21(19)2/h4-7,13H,3,8-12H2,1-2H3,(H,20,26)(H,24,25)/t13-/m0/s1. The van der Waals surface area contributed by atoms with Crippen LogP contribution >= 0.6 is 0 Å². The molecule has 0 bridgehead atoms. The Bertz CT molecular complexity index is 743. The number of carboxylic acid groups (broad SMARTS) is 1. The molecule has 3 amide bonds. The van der Waals surface area contributed by atoms with Crippen LogP contribution in [-0.2, 0) is 9.59 Å². The molecule has 1 atom stereocenters. The predicted molar refractivity (Wildman–Crippen MR) is 98.7 cm³/mol. The zero-order chi connectivity index (χ0) is 19.6. The quantitative estimate of drug-likeness (QED) is 0.839. The normalized spacial score (nSPS) is 21.4. The molecule has 0 aliphatic carbocycles. The Morgan fingerprint density at radius 3 is 2.59 bits per heavy atom. The molecule has 2 saturated heterocycles. The predicted octanol–water partition coefficient (Wildman–Crippen LogP) is 2.01. The van der Waals surface area contributed by atoms with Crippen molar-refractivity contribution in [2.45, 2.75) is 31.7 Å². The van der Waals surface area contributed by atoms with Crippen molar-refractivity contribution in [2.75, 3.05) is 32.1 Å². The Labute approximate surface area is 158 Å². The van der Waals surface area contributed by atoms with E-state index in [4.69, 9.17) is 4.74 Å². The summed E-state index contributed by atoms with van der Waals surface area (Å²) < 4.78 is 5.52. The van der Waals surface area contributed by atoms with Gasteiger partial charge in [-0.25, -0.2) is 4.79 Å². The molecule has 27 heavy (non-hydrogen) atoms. The van der Waals surface area contributed by atoms with Gasteiger partial charge in [0.25, 0.3) is 0 Å². The fourth-order valence-corrected chi connectivity index (χ4v) is 4.13. The number of ether oxygens (including phenoxy) is 1. The highest BCUT2D eigenvalue weighted by molar-refractivity contribution is 5.91. The number of nitrogens with zero attached hydrogens (tertiary/aromatic N) is 2. The number of rotatable bonds is 4. The summed E-state index contributed by atoms with van der Waals surface area (Å²) in [5, 5.41) is 12.4. The van der Waals surface area contributed by atoms with Crippen LogP contribution in [0.4, 0.5) is 10.5 Å². The number of carboxylic acids is 1. The number of benzene rings is 1. The summed E-state index contributed by atoms with van der Waals surface area (Å²) in [6, 6.07) is 6.97. The van der Waals surface area contributed by atoms with E-state index in [0.717, 1.165) is 0 Å². The van der Waals surface area contributed by atoms with E-state index in [1.807, 2.05) is 19.1 Å². The monoisotopic (exact) mass is 375 g/mol. The molecule has 0 aromatic heterocycles. The maximum atomic E-state index is 12.7. The molecule has 3 rings (SSSR count). The highest BCUT2D eigenvalue weighted by Crippen LogP contribution is 2.42. The number of carbonyl (C=O) groups is 3. The number of hydrogen-bond acceptors (Lipinski definition) is 4. The molecule has 8 nitrogen and oxygen atoms in total. The first-order chi connectivity index (χ1) is 12.9. The minimum atomic E-state index is -0.948. The second kappa shape index (κ2) is 7.46. The molecule has 0 radical (unpaired) electrons. The molecule has 1 aromatic carbocycles. The summed E-state index contributed by atoms with van der Waals surface area (Å²) in [6.07, 6.45) is 0.930. The van der Waals surface area contributed by atoms with E-state index in [9.17, 15) is 19.5 Å². The van der Waals surface area contributed by atoms with Gasteiger partial charge in [-0.1, -0.05) is 12.1 Å². The molecule has 2 heterocycles. The lowest BCUT2D eigenvalue weighted by molar-refractivity contribution is -0.145. The Morgan fingerprint density at radius 2 is 1.96 bits per heavy atom. The average molecular weight is 375 g/mol. The maximum absolute atomic E-state index is 12.7. The van der Waals surface area contributed by atoms with Crippen molar-refractivity contribution in [3.8, 4) is 5.75 Å². The van der Waals surface area contributed by atoms with Crippen molar-refractivity contribution in [1.82, 2.24) is 9.80 Å². The van der Waals surface area contributed by atoms with E-state index in [1.54, 1.807) is 29.0 Å². The number of para-hydroxylation sites is 2. The van der Waals surface area contributed by atoms with Crippen molar-refractivity contribution in [1.29, 1.82) is 0 Å². The summed E-state index contributed by atoms with van der Waals surface area (Å²) in [6.45, 7) is 3.16. The molecule has 0 unspecified atom stereocenters. The van der Waals surface area contributed by atoms with Crippen LogP contribution in [0.3, 0.4) is 0 Å². The average Bonchev–Trinajstić information content (AvgIpc) is 2.89. The first kappa shape index (κ1) is 19.0. The van der Waals surface area contributed by atoms with Crippen molar-refractivity contribution < 1.29 is 24.2 Å². The second-order valence-corrected chi connectivity index (χ2v) is 7.00. The lowest BCUT2D eigenvalue weighted by atomic mass is 9.77. The zero-order valence-electron chi connectivity index (χ0n) is 15.6. The lowest BCUT2D eigenvalue weighted by Crippen LogP contribution is -2.57. The summed E-state index contributed by atoms with van der Waals surface area (Å²) in [7, 11) is 1.67. The van der Waals surface area contributed by atoms with E-state index in [2.05, 4.69) is 5.32 Å². The van der Waals surface area contributed by atoms with Crippen molar-refractivity contribution in [3.05, 3.63) is 24.3 Å². The van der Waals surface area contributed by atoms with Crippen LogP contribution in [0, 0.1) is 5.92 Å². The van der Waals surface area contributed by atoms with Crippen molar-refractivity contribution in [3.63, 3.8) is 0 Å². The molecule has 2 aliphatic rings. The zero-order valence-corrected chi connectivity index (χ0v) is 15.6. The third-order valence-corrected chi connectivity index (χ3v) is 5.71. The van der Waals surface area contributed by atoms with Crippen LogP contribution in [0.15, 0.2) is 24.3 Å². The lowest BCUT2D eigenvalue weighted by Gasteiger charge is -2.45. The number of amides is 3. The summed E-state index contributed by atoms with van der Waals surface area (Å²) in [5.41, 5.74) is -0.107. The molecule has 146 valence electrons. The molecule has 2 aliphatic heterocycles. The van der Waals surface area contributed by atoms with Crippen LogP contribution in [0.1, 0.15) is 26.2 Å². The Hall–Kier alpha value is -2.77. The van der Waals surface area contributed by atoms with Gasteiger partial charge in [-0.2, -0.15) is 0 Å².